The minimum Gasteiger partial charge on any atom is -0.385 e. The lowest BCUT2D eigenvalue weighted by Crippen LogP contribution is -2.18. The van der Waals surface area contributed by atoms with Crippen LogP contribution in [0, 0.1) is 0 Å². The molecule has 0 atom stereocenters. The maximum Gasteiger partial charge on any atom is 0.166 e. The highest BCUT2D eigenvalue weighted by atomic mass is 32.2. The summed E-state index contributed by atoms with van der Waals surface area (Å²) in [4.78, 5) is 0. The lowest BCUT2D eigenvalue weighted by Gasteiger charge is -2.11. The zero-order valence-electron chi connectivity index (χ0n) is 5.99. The quantitative estimate of drug-likeness (QED) is 0.508. The standard InChI is InChI=1S/C5H11NO2S2/c1-7-4(8-2)3-10-5(6)9/h4H,3H2,1-2H3,(H2,6,9). The van der Waals surface area contributed by atoms with Crippen molar-refractivity contribution in [3.05, 3.63) is 0 Å². The molecule has 0 radical (unpaired) electrons. The molecule has 0 heterocycles. The molecule has 10 heavy (non-hydrogen) atoms. The first-order chi connectivity index (χ1) is 4.70. The summed E-state index contributed by atoms with van der Waals surface area (Å²) in [5.41, 5.74) is 5.23. The van der Waals surface area contributed by atoms with Crippen LogP contribution in [-0.4, -0.2) is 30.6 Å². The predicted molar refractivity (Wildman–Crippen MR) is 47.0 cm³/mol. The van der Waals surface area contributed by atoms with Crippen LogP contribution in [0.1, 0.15) is 0 Å². The number of methoxy groups -OCH3 is 2. The molecule has 0 aliphatic heterocycles. The van der Waals surface area contributed by atoms with Crippen LogP contribution in [0.15, 0.2) is 0 Å². The highest BCUT2D eigenvalue weighted by Crippen LogP contribution is 2.04. The molecule has 0 bridgehead atoms. The summed E-state index contributed by atoms with van der Waals surface area (Å²) in [6.45, 7) is 0. The van der Waals surface area contributed by atoms with E-state index in [0.29, 0.717) is 10.1 Å². The number of nitrogens with two attached hydrogens (primary N) is 1. The molecule has 0 aromatic heterocycles. The molecule has 3 nitrogen and oxygen atoms in total. The van der Waals surface area contributed by atoms with E-state index >= 15 is 0 Å². The monoisotopic (exact) mass is 181 g/mol. The van der Waals surface area contributed by atoms with Gasteiger partial charge in [-0.25, -0.2) is 0 Å². The molecule has 0 amide bonds. The maximum absolute atomic E-state index is 5.23. The molecule has 0 aromatic rings. The van der Waals surface area contributed by atoms with Crippen molar-refractivity contribution >= 4 is 28.3 Å². The van der Waals surface area contributed by atoms with E-state index in [1.807, 2.05) is 0 Å². The van der Waals surface area contributed by atoms with Crippen LogP contribution in [0.4, 0.5) is 0 Å². The fourth-order valence-electron chi connectivity index (χ4n) is 0.382. The first kappa shape index (κ1) is 10.2. The Kier molecular flexibility index (Phi) is 6.00. The van der Waals surface area contributed by atoms with Gasteiger partial charge in [0.1, 0.15) is 4.32 Å². The Morgan fingerprint density at radius 2 is 2.10 bits per heavy atom. The van der Waals surface area contributed by atoms with Gasteiger partial charge in [-0.1, -0.05) is 24.0 Å². The Labute approximate surface area is 70.2 Å². The van der Waals surface area contributed by atoms with Crippen molar-refractivity contribution in [1.82, 2.24) is 0 Å². The summed E-state index contributed by atoms with van der Waals surface area (Å²) >= 11 is 5.99. The zero-order chi connectivity index (χ0) is 7.98. The number of rotatable bonds is 4. The second kappa shape index (κ2) is 5.91. The lowest BCUT2D eigenvalue weighted by molar-refractivity contribution is -0.0841. The van der Waals surface area contributed by atoms with E-state index in [-0.39, 0.29) is 6.29 Å². The zero-order valence-corrected chi connectivity index (χ0v) is 7.63. The van der Waals surface area contributed by atoms with Crippen molar-refractivity contribution in [3.63, 3.8) is 0 Å². The highest BCUT2D eigenvalue weighted by Gasteiger charge is 2.04. The first-order valence-electron chi connectivity index (χ1n) is 2.68. The molecular weight excluding hydrogens is 170 g/mol. The van der Waals surface area contributed by atoms with Crippen LogP contribution in [0.5, 0.6) is 0 Å². The van der Waals surface area contributed by atoms with Gasteiger partial charge >= 0.3 is 0 Å². The third kappa shape index (κ3) is 4.99. The normalized spacial score (nSPS) is 10.3. The van der Waals surface area contributed by atoms with Gasteiger partial charge in [0.15, 0.2) is 6.29 Å². The molecule has 0 rings (SSSR count). The molecule has 5 heteroatoms. The molecule has 0 aliphatic rings. The third-order valence-corrected chi connectivity index (χ3v) is 1.96. The van der Waals surface area contributed by atoms with E-state index < -0.39 is 0 Å². The summed E-state index contributed by atoms with van der Waals surface area (Å²) in [7, 11) is 3.16. The molecular formula is C5H11NO2S2. The summed E-state index contributed by atoms with van der Waals surface area (Å²) in [6.07, 6.45) is -0.216. The van der Waals surface area contributed by atoms with Crippen LogP contribution in [0.3, 0.4) is 0 Å². The largest absolute Gasteiger partial charge is 0.385 e. The van der Waals surface area contributed by atoms with E-state index in [1.165, 1.54) is 11.8 Å². The summed E-state index contributed by atoms with van der Waals surface area (Å²) in [5, 5.41) is 0. The number of ether oxygens (including phenoxy) is 2. The van der Waals surface area contributed by atoms with Gasteiger partial charge in [-0.2, -0.15) is 0 Å². The van der Waals surface area contributed by atoms with Gasteiger partial charge in [-0.05, 0) is 0 Å². The minimum absolute atomic E-state index is 0.216. The molecule has 0 aliphatic carbocycles. The summed E-state index contributed by atoms with van der Waals surface area (Å²) in [5.74, 6) is 0.641. The van der Waals surface area contributed by atoms with Gasteiger partial charge in [0.2, 0.25) is 0 Å². The van der Waals surface area contributed by atoms with Crippen LogP contribution in [-0.2, 0) is 9.47 Å². The first-order valence-corrected chi connectivity index (χ1v) is 4.08. The Balaban J connectivity index is 3.34. The fraction of sp³-hybridized carbons (Fsp3) is 0.800. The Hall–Kier alpha value is 0.160. The average Bonchev–Trinajstić information content (AvgIpc) is 1.90. The summed E-state index contributed by atoms with van der Waals surface area (Å²) in [6, 6.07) is 0. The molecule has 0 saturated carbocycles. The smallest absolute Gasteiger partial charge is 0.166 e. The predicted octanol–water partition coefficient (Wildman–Crippen LogP) is 0.582. The van der Waals surface area contributed by atoms with Crippen LogP contribution < -0.4 is 5.73 Å². The molecule has 0 unspecified atom stereocenters. The number of hydrogen-bond donors (Lipinski definition) is 1. The Bertz CT molecular complexity index is 106. The van der Waals surface area contributed by atoms with Crippen LogP contribution in [0.25, 0.3) is 0 Å². The van der Waals surface area contributed by atoms with E-state index in [1.54, 1.807) is 14.2 Å². The average molecular weight is 181 g/mol. The van der Waals surface area contributed by atoms with Crippen LogP contribution in [0.2, 0.25) is 0 Å². The van der Waals surface area contributed by atoms with E-state index in [4.69, 9.17) is 15.2 Å². The van der Waals surface area contributed by atoms with E-state index in [2.05, 4.69) is 12.2 Å². The molecule has 0 aromatic carbocycles. The topological polar surface area (TPSA) is 44.5 Å². The number of thioether (sulfide) groups is 1. The van der Waals surface area contributed by atoms with Gasteiger partial charge in [0, 0.05) is 14.2 Å². The Morgan fingerprint density at radius 3 is 2.40 bits per heavy atom. The van der Waals surface area contributed by atoms with Gasteiger partial charge in [-0.15, -0.1) is 0 Å². The summed E-state index contributed by atoms with van der Waals surface area (Å²) < 4.78 is 10.2. The van der Waals surface area contributed by atoms with Gasteiger partial charge < -0.3 is 15.2 Å². The van der Waals surface area contributed by atoms with Crippen molar-refractivity contribution in [3.8, 4) is 0 Å². The SMILES string of the molecule is COC(CSC(N)=S)OC. The number of hydrogen-bond acceptors (Lipinski definition) is 4. The van der Waals surface area contributed by atoms with E-state index in [0.717, 1.165) is 0 Å². The van der Waals surface area contributed by atoms with Gasteiger partial charge in [0.05, 0.1) is 5.75 Å². The number of thiocarbonyl (C=S) groups is 1. The minimum atomic E-state index is -0.216. The molecule has 0 spiro atoms. The van der Waals surface area contributed by atoms with E-state index in [9.17, 15) is 0 Å². The lowest BCUT2D eigenvalue weighted by atomic mass is 10.7. The molecule has 2 N–H and O–H groups in total. The second-order valence-electron chi connectivity index (χ2n) is 1.53. The fourth-order valence-corrected chi connectivity index (χ4v) is 1.16. The van der Waals surface area contributed by atoms with Gasteiger partial charge in [0.25, 0.3) is 0 Å². The Morgan fingerprint density at radius 1 is 1.60 bits per heavy atom. The van der Waals surface area contributed by atoms with Crippen LogP contribution >= 0.6 is 24.0 Å². The third-order valence-electron chi connectivity index (χ3n) is 0.887. The molecule has 60 valence electrons. The van der Waals surface area contributed by atoms with Gasteiger partial charge in [-0.3, -0.25) is 0 Å². The molecule has 0 saturated heterocycles. The van der Waals surface area contributed by atoms with Crippen molar-refractivity contribution < 1.29 is 9.47 Å². The van der Waals surface area contributed by atoms with Crippen molar-refractivity contribution in [1.29, 1.82) is 0 Å². The van der Waals surface area contributed by atoms with Crippen molar-refractivity contribution in [2.45, 2.75) is 6.29 Å². The van der Waals surface area contributed by atoms with Crippen molar-refractivity contribution in [2.75, 3.05) is 20.0 Å². The maximum atomic E-state index is 5.23. The van der Waals surface area contributed by atoms with Crippen molar-refractivity contribution in [2.24, 2.45) is 5.73 Å². The second-order valence-corrected chi connectivity index (χ2v) is 3.29. The highest BCUT2D eigenvalue weighted by molar-refractivity contribution is 8.22. The molecule has 0 fully saturated rings.